The zero-order valence-corrected chi connectivity index (χ0v) is 13.4. The molecule has 1 heterocycles. The summed E-state index contributed by atoms with van der Waals surface area (Å²) in [6.45, 7) is 4.40. The molecule has 1 saturated heterocycles. The molecule has 0 radical (unpaired) electrons. The average molecular weight is 331 g/mol. The van der Waals surface area contributed by atoms with Gasteiger partial charge < -0.3 is 15.1 Å². The molecule has 1 N–H and O–H groups in total. The number of urea groups is 1. The van der Waals surface area contributed by atoms with Crippen molar-refractivity contribution >= 4 is 17.4 Å². The SMILES string of the molecule is Cc1ccccc1N1CCN(C(=O)Nc2c(F)cccc2F)CC1. The summed E-state index contributed by atoms with van der Waals surface area (Å²) in [6, 6.07) is 11.1. The monoisotopic (exact) mass is 331 g/mol. The van der Waals surface area contributed by atoms with Crippen LogP contribution < -0.4 is 10.2 Å². The molecule has 0 aromatic heterocycles. The summed E-state index contributed by atoms with van der Waals surface area (Å²) in [5, 5.41) is 2.33. The Kier molecular flexibility index (Phi) is 4.64. The van der Waals surface area contributed by atoms with Crippen LogP contribution in [0.2, 0.25) is 0 Å². The molecular formula is C18H19F2N3O. The maximum Gasteiger partial charge on any atom is 0.322 e. The van der Waals surface area contributed by atoms with Crippen molar-refractivity contribution in [3.8, 4) is 0 Å². The molecule has 0 bridgehead atoms. The van der Waals surface area contributed by atoms with Gasteiger partial charge in [-0.05, 0) is 30.7 Å². The topological polar surface area (TPSA) is 35.6 Å². The lowest BCUT2D eigenvalue weighted by atomic mass is 10.1. The van der Waals surface area contributed by atoms with Crippen LogP contribution in [-0.4, -0.2) is 37.1 Å². The summed E-state index contributed by atoms with van der Waals surface area (Å²) < 4.78 is 27.2. The summed E-state index contributed by atoms with van der Waals surface area (Å²) in [5.41, 5.74) is 1.94. The molecule has 0 spiro atoms. The minimum atomic E-state index is -0.776. The third kappa shape index (κ3) is 3.32. The molecule has 2 aromatic rings. The zero-order chi connectivity index (χ0) is 17.1. The van der Waals surface area contributed by atoms with E-state index in [9.17, 15) is 13.6 Å². The smallest absolute Gasteiger partial charge is 0.322 e. The molecule has 2 amide bonds. The van der Waals surface area contributed by atoms with Crippen LogP contribution in [0.5, 0.6) is 0 Å². The predicted octanol–water partition coefficient (Wildman–Crippen LogP) is 3.63. The number of aryl methyl sites for hydroxylation is 1. The van der Waals surface area contributed by atoms with Gasteiger partial charge in [-0.25, -0.2) is 13.6 Å². The van der Waals surface area contributed by atoms with Crippen molar-refractivity contribution in [2.75, 3.05) is 36.4 Å². The number of rotatable bonds is 2. The van der Waals surface area contributed by atoms with Gasteiger partial charge in [0.05, 0.1) is 0 Å². The van der Waals surface area contributed by atoms with Gasteiger partial charge in [-0.3, -0.25) is 0 Å². The van der Waals surface area contributed by atoms with Crippen LogP contribution in [0, 0.1) is 18.6 Å². The maximum absolute atomic E-state index is 13.6. The molecule has 24 heavy (non-hydrogen) atoms. The number of hydrogen-bond acceptors (Lipinski definition) is 2. The fourth-order valence-corrected chi connectivity index (χ4v) is 2.87. The van der Waals surface area contributed by atoms with Gasteiger partial charge in [0, 0.05) is 31.9 Å². The highest BCUT2D eigenvalue weighted by atomic mass is 19.1. The Bertz CT molecular complexity index is 723. The second kappa shape index (κ2) is 6.86. The molecule has 3 rings (SSSR count). The molecule has 126 valence electrons. The predicted molar refractivity (Wildman–Crippen MR) is 90.3 cm³/mol. The van der Waals surface area contributed by atoms with Crippen molar-refractivity contribution < 1.29 is 13.6 Å². The number of carbonyl (C=O) groups excluding carboxylic acids is 1. The highest BCUT2D eigenvalue weighted by Crippen LogP contribution is 2.22. The normalized spacial score (nSPS) is 14.6. The Morgan fingerprint density at radius 1 is 0.958 bits per heavy atom. The molecule has 4 nitrogen and oxygen atoms in total. The van der Waals surface area contributed by atoms with Gasteiger partial charge in [0.1, 0.15) is 17.3 Å². The summed E-state index contributed by atoms with van der Waals surface area (Å²) in [4.78, 5) is 16.0. The lowest BCUT2D eigenvalue weighted by molar-refractivity contribution is 0.208. The Morgan fingerprint density at radius 2 is 1.58 bits per heavy atom. The summed E-state index contributed by atoms with van der Waals surface area (Å²) in [5.74, 6) is -1.55. The molecule has 1 aliphatic rings. The number of benzene rings is 2. The van der Waals surface area contributed by atoms with Gasteiger partial charge in [0.25, 0.3) is 0 Å². The number of hydrogen-bond donors (Lipinski definition) is 1. The molecule has 0 atom stereocenters. The van der Waals surface area contributed by atoms with Crippen LogP contribution >= 0.6 is 0 Å². The largest absolute Gasteiger partial charge is 0.368 e. The zero-order valence-electron chi connectivity index (χ0n) is 13.4. The van der Waals surface area contributed by atoms with E-state index in [1.165, 1.54) is 11.6 Å². The molecule has 0 aliphatic carbocycles. The first kappa shape index (κ1) is 16.2. The molecule has 1 aliphatic heterocycles. The van der Waals surface area contributed by atoms with Crippen LogP contribution in [0.25, 0.3) is 0 Å². The van der Waals surface area contributed by atoms with Crippen LogP contribution in [0.3, 0.4) is 0 Å². The summed E-state index contributed by atoms with van der Waals surface area (Å²) in [7, 11) is 0. The van der Waals surface area contributed by atoms with E-state index in [4.69, 9.17) is 0 Å². The summed E-state index contributed by atoms with van der Waals surface area (Å²) in [6.07, 6.45) is 0. The molecule has 2 aromatic carbocycles. The number of piperazine rings is 1. The Morgan fingerprint density at radius 3 is 2.21 bits per heavy atom. The number of amides is 2. The van der Waals surface area contributed by atoms with Gasteiger partial charge in [-0.15, -0.1) is 0 Å². The van der Waals surface area contributed by atoms with Crippen molar-refractivity contribution in [1.29, 1.82) is 0 Å². The van der Waals surface area contributed by atoms with Crippen molar-refractivity contribution in [2.24, 2.45) is 0 Å². The van der Waals surface area contributed by atoms with E-state index in [0.29, 0.717) is 26.2 Å². The van der Waals surface area contributed by atoms with Crippen LogP contribution in [0.1, 0.15) is 5.56 Å². The van der Waals surface area contributed by atoms with Crippen LogP contribution in [0.15, 0.2) is 42.5 Å². The van der Waals surface area contributed by atoms with Crippen molar-refractivity contribution in [2.45, 2.75) is 6.92 Å². The molecule has 0 saturated carbocycles. The minimum Gasteiger partial charge on any atom is -0.368 e. The molecule has 6 heteroatoms. The van der Waals surface area contributed by atoms with E-state index in [2.05, 4.69) is 29.3 Å². The molecule has 1 fully saturated rings. The van der Waals surface area contributed by atoms with E-state index in [1.807, 2.05) is 12.1 Å². The quantitative estimate of drug-likeness (QED) is 0.912. The first-order chi connectivity index (χ1) is 11.6. The van der Waals surface area contributed by atoms with E-state index >= 15 is 0 Å². The number of halogens is 2. The number of para-hydroxylation sites is 2. The van der Waals surface area contributed by atoms with E-state index in [1.54, 1.807) is 4.90 Å². The van der Waals surface area contributed by atoms with Crippen molar-refractivity contribution in [3.63, 3.8) is 0 Å². The third-order valence-electron chi connectivity index (χ3n) is 4.22. The fourth-order valence-electron chi connectivity index (χ4n) is 2.87. The highest BCUT2D eigenvalue weighted by Gasteiger charge is 2.23. The second-order valence-corrected chi connectivity index (χ2v) is 5.79. The fraction of sp³-hybridized carbons (Fsp3) is 0.278. The van der Waals surface area contributed by atoms with Crippen molar-refractivity contribution in [1.82, 2.24) is 4.90 Å². The lowest BCUT2D eigenvalue weighted by Crippen LogP contribution is -2.50. The number of carbonyl (C=O) groups is 1. The van der Waals surface area contributed by atoms with Gasteiger partial charge in [-0.1, -0.05) is 24.3 Å². The lowest BCUT2D eigenvalue weighted by Gasteiger charge is -2.36. The van der Waals surface area contributed by atoms with Gasteiger partial charge in [0.15, 0.2) is 0 Å². The maximum atomic E-state index is 13.6. The van der Waals surface area contributed by atoms with Crippen molar-refractivity contribution in [3.05, 3.63) is 59.7 Å². The minimum absolute atomic E-state index is 0.399. The Balaban J connectivity index is 1.62. The van der Waals surface area contributed by atoms with Gasteiger partial charge in [0.2, 0.25) is 0 Å². The summed E-state index contributed by atoms with van der Waals surface area (Å²) >= 11 is 0. The standard InChI is InChI=1S/C18H19F2N3O/c1-13-5-2-3-8-16(13)22-9-11-23(12-10-22)18(24)21-17-14(19)6-4-7-15(17)20/h2-8H,9-12H2,1H3,(H,21,24). The Labute approximate surface area is 139 Å². The van der Waals surface area contributed by atoms with Gasteiger partial charge in [-0.2, -0.15) is 0 Å². The third-order valence-corrected chi connectivity index (χ3v) is 4.22. The molecule has 0 unspecified atom stereocenters. The van der Waals surface area contributed by atoms with E-state index in [0.717, 1.165) is 17.8 Å². The van der Waals surface area contributed by atoms with Crippen LogP contribution in [-0.2, 0) is 0 Å². The van der Waals surface area contributed by atoms with E-state index < -0.39 is 23.4 Å². The second-order valence-electron chi connectivity index (χ2n) is 5.79. The number of nitrogens with one attached hydrogen (secondary N) is 1. The highest BCUT2D eigenvalue weighted by molar-refractivity contribution is 5.89. The first-order valence-corrected chi connectivity index (χ1v) is 7.87. The van der Waals surface area contributed by atoms with Crippen LogP contribution in [0.4, 0.5) is 25.0 Å². The van der Waals surface area contributed by atoms with E-state index in [-0.39, 0.29) is 0 Å². The van der Waals surface area contributed by atoms with Gasteiger partial charge >= 0.3 is 6.03 Å². The number of anilines is 2. The first-order valence-electron chi connectivity index (χ1n) is 7.87. The Hall–Kier alpha value is -2.63. The molecular weight excluding hydrogens is 312 g/mol. The average Bonchev–Trinajstić information content (AvgIpc) is 2.59. The number of nitrogens with zero attached hydrogens (tertiary/aromatic N) is 2.